The molecule has 0 heterocycles. The van der Waals surface area contributed by atoms with Gasteiger partial charge in [0.05, 0.1) is 10.7 Å². The number of carbonyl (C=O) groups is 1. The number of para-hydroxylation sites is 1. The Morgan fingerprint density at radius 3 is 2.94 bits per heavy atom. The number of nitrogens with one attached hydrogen (secondary N) is 2. The normalized spacial score (nSPS) is 9.24. The lowest BCUT2D eigenvalue weighted by molar-refractivity contribution is 0.252. The molecule has 6 nitrogen and oxygen atoms in total. The number of benzene rings is 1. The van der Waals surface area contributed by atoms with E-state index in [0.717, 1.165) is 0 Å². The van der Waals surface area contributed by atoms with Crippen LogP contribution in [0.5, 0.6) is 0 Å². The van der Waals surface area contributed by atoms with Gasteiger partial charge in [-0.2, -0.15) is 0 Å². The van der Waals surface area contributed by atoms with Crippen molar-refractivity contribution in [3.8, 4) is 0 Å². The van der Waals surface area contributed by atoms with Crippen LogP contribution in [0.15, 0.2) is 29.4 Å². The average molecular weight is 254 g/mol. The smallest absolute Gasteiger partial charge is 0.319 e. The summed E-state index contributed by atoms with van der Waals surface area (Å²) in [5.74, 6) is 0. The third-order valence-electron chi connectivity index (χ3n) is 1.91. The molecule has 0 atom stereocenters. The van der Waals surface area contributed by atoms with Gasteiger partial charge >= 0.3 is 6.03 Å². The van der Waals surface area contributed by atoms with E-state index in [4.69, 9.17) is 17.1 Å². The standard InChI is InChI=1S/C10H12ClN5O/c11-8-4-1-2-5-9(8)15-10(17)13-6-3-7-14-16-12/h1-2,4-5H,3,6-7H2,(H2,13,15,17). The lowest BCUT2D eigenvalue weighted by Gasteiger charge is -2.07. The first-order valence-corrected chi connectivity index (χ1v) is 5.42. The van der Waals surface area contributed by atoms with Crippen molar-refractivity contribution in [3.63, 3.8) is 0 Å². The van der Waals surface area contributed by atoms with Crippen LogP contribution < -0.4 is 10.6 Å². The van der Waals surface area contributed by atoms with Crippen molar-refractivity contribution in [2.24, 2.45) is 5.11 Å². The fourth-order valence-corrected chi connectivity index (χ4v) is 1.31. The zero-order chi connectivity index (χ0) is 12.5. The lowest BCUT2D eigenvalue weighted by atomic mass is 10.3. The minimum absolute atomic E-state index is 0.334. The first kappa shape index (κ1) is 13.2. The summed E-state index contributed by atoms with van der Waals surface area (Å²) in [7, 11) is 0. The van der Waals surface area contributed by atoms with E-state index in [2.05, 4.69) is 20.7 Å². The highest BCUT2D eigenvalue weighted by Gasteiger charge is 2.03. The van der Waals surface area contributed by atoms with Crippen LogP contribution in [0, 0.1) is 0 Å². The Bertz CT molecular complexity index is 430. The van der Waals surface area contributed by atoms with E-state index < -0.39 is 0 Å². The number of carbonyl (C=O) groups excluding carboxylic acids is 1. The van der Waals surface area contributed by atoms with Gasteiger partial charge in [0.25, 0.3) is 0 Å². The van der Waals surface area contributed by atoms with Gasteiger partial charge in [0.1, 0.15) is 0 Å². The van der Waals surface area contributed by atoms with Crippen molar-refractivity contribution in [2.75, 3.05) is 18.4 Å². The van der Waals surface area contributed by atoms with E-state index in [0.29, 0.717) is 30.2 Å². The second kappa shape index (κ2) is 7.38. The third-order valence-corrected chi connectivity index (χ3v) is 2.24. The SMILES string of the molecule is [N-]=[N+]=NCCCNC(=O)Nc1ccccc1Cl. The van der Waals surface area contributed by atoms with Crippen LogP contribution in [0.25, 0.3) is 10.4 Å². The van der Waals surface area contributed by atoms with Crippen molar-refractivity contribution in [1.82, 2.24) is 5.32 Å². The predicted molar refractivity (Wildman–Crippen MR) is 67.1 cm³/mol. The molecule has 7 heteroatoms. The zero-order valence-electron chi connectivity index (χ0n) is 9.06. The highest BCUT2D eigenvalue weighted by molar-refractivity contribution is 6.33. The maximum absolute atomic E-state index is 11.4. The second-order valence-corrected chi connectivity index (χ2v) is 3.58. The molecule has 0 aromatic heterocycles. The monoisotopic (exact) mass is 253 g/mol. The first-order valence-electron chi connectivity index (χ1n) is 5.04. The van der Waals surface area contributed by atoms with E-state index >= 15 is 0 Å². The summed E-state index contributed by atoms with van der Waals surface area (Å²) in [6.07, 6.45) is 0.597. The number of nitrogens with zero attached hydrogens (tertiary/aromatic N) is 3. The maximum atomic E-state index is 11.4. The molecular weight excluding hydrogens is 242 g/mol. The molecule has 0 unspecified atom stereocenters. The van der Waals surface area contributed by atoms with Crippen molar-refractivity contribution >= 4 is 23.3 Å². The lowest BCUT2D eigenvalue weighted by Crippen LogP contribution is -2.29. The molecule has 2 amide bonds. The van der Waals surface area contributed by atoms with Gasteiger partial charge in [-0.3, -0.25) is 0 Å². The molecule has 1 aromatic rings. The number of azide groups is 1. The molecule has 0 spiro atoms. The summed E-state index contributed by atoms with van der Waals surface area (Å²) in [4.78, 5) is 14.0. The topological polar surface area (TPSA) is 89.9 Å². The molecular formula is C10H12ClN5O. The van der Waals surface area contributed by atoms with Gasteiger partial charge in [-0.1, -0.05) is 28.8 Å². The van der Waals surface area contributed by atoms with Crippen LogP contribution in [-0.4, -0.2) is 19.1 Å². The molecule has 2 N–H and O–H groups in total. The van der Waals surface area contributed by atoms with Gasteiger partial charge in [0.15, 0.2) is 0 Å². The van der Waals surface area contributed by atoms with Gasteiger partial charge in [-0.25, -0.2) is 4.79 Å². The minimum atomic E-state index is -0.334. The number of amides is 2. The highest BCUT2D eigenvalue weighted by atomic mass is 35.5. The number of hydrogen-bond acceptors (Lipinski definition) is 2. The Morgan fingerprint density at radius 1 is 1.47 bits per heavy atom. The molecule has 0 aliphatic rings. The molecule has 0 saturated carbocycles. The molecule has 0 aliphatic heterocycles. The van der Waals surface area contributed by atoms with Crippen LogP contribution in [-0.2, 0) is 0 Å². The van der Waals surface area contributed by atoms with Gasteiger partial charge in [0, 0.05) is 18.0 Å². The first-order chi connectivity index (χ1) is 8.24. The van der Waals surface area contributed by atoms with E-state index in [1.165, 1.54) is 0 Å². The predicted octanol–water partition coefficient (Wildman–Crippen LogP) is 3.16. The fourth-order valence-electron chi connectivity index (χ4n) is 1.13. The van der Waals surface area contributed by atoms with E-state index in [1.807, 2.05) is 0 Å². The quantitative estimate of drug-likeness (QED) is 0.359. The van der Waals surface area contributed by atoms with Crippen LogP contribution in [0.2, 0.25) is 5.02 Å². The van der Waals surface area contributed by atoms with Crippen molar-refractivity contribution in [3.05, 3.63) is 39.7 Å². The van der Waals surface area contributed by atoms with Crippen molar-refractivity contribution in [2.45, 2.75) is 6.42 Å². The van der Waals surface area contributed by atoms with Crippen molar-refractivity contribution in [1.29, 1.82) is 0 Å². The van der Waals surface area contributed by atoms with Gasteiger partial charge in [-0.05, 0) is 24.1 Å². The van der Waals surface area contributed by atoms with E-state index in [-0.39, 0.29) is 6.03 Å². The van der Waals surface area contributed by atoms with Gasteiger partial charge in [-0.15, -0.1) is 0 Å². The van der Waals surface area contributed by atoms with Crippen molar-refractivity contribution < 1.29 is 4.79 Å². The zero-order valence-corrected chi connectivity index (χ0v) is 9.81. The van der Waals surface area contributed by atoms with Crippen LogP contribution in [0.4, 0.5) is 10.5 Å². The summed E-state index contributed by atoms with van der Waals surface area (Å²) < 4.78 is 0. The Labute approximate surface area is 104 Å². The number of urea groups is 1. The number of hydrogen-bond donors (Lipinski definition) is 2. The molecule has 0 radical (unpaired) electrons. The molecule has 0 fully saturated rings. The van der Waals surface area contributed by atoms with E-state index in [1.54, 1.807) is 24.3 Å². The minimum Gasteiger partial charge on any atom is -0.338 e. The summed E-state index contributed by atoms with van der Waals surface area (Å²) in [5.41, 5.74) is 8.60. The number of halogens is 1. The summed E-state index contributed by atoms with van der Waals surface area (Å²) >= 11 is 5.87. The highest BCUT2D eigenvalue weighted by Crippen LogP contribution is 2.19. The molecule has 17 heavy (non-hydrogen) atoms. The Balaban J connectivity index is 2.30. The molecule has 0 saturated heterocycles. The largest absolute Gasteiger partial charge is 0.338 e. The van der Waals surface area contributed by atoms with Crippen LogP contribution in [0.3, 0.4) is 0 Å². The third kappa shape index (κ3) is 5.10. The molecule has 1 rings (SSSR count). The Kier molecular flexibility index (Phi) is 5.71. The summed E-state index contributed by atoms with van der Waals surface area (Å²) in [6.45, 7) is 0.804. The van der Waals surface area contributed by atoms with Crippen LogP contribution in [0.1, 0.15) is 6.42 Å². The van der Waals surface area contributed by atoms with E-state index in [9.17, 15) is 4.79 Å². The molecule has 90 valence electrons. The molecule has 0 bridgehead atoms. The number of anilines is 1. The summed E-state index contributed by atoms with van der Waals surface area (Å²) in [6, 6.07) is 6.63. The number of rotatable bonds is 5. The van der Waals surface area contributed by atoms with Gasteiger partial charge < -0.3 is 10.6 Å². The maximum Gasteiger partial charge on any atom is 0.319 e. The molecule has 1 aromatic carbocycles. The van der Waals surface area contributed by atoms with Crippen LogP contribution >= 0.6 is 11.6 Å². The molecule has 0 aliphatic carbocycles. The van der Waals surface area contributed by atoms with Gasteiger partial charge in [0.2, 0.25) is 0 Å². The average Bonchev–Trinajstić information content (AvgIpc) is 2.32. The Morgan fingerprint density at radius 2 is 2.24 bits per heavy atom. The second-order valence-electron chi connectivity index (χ2n) is 3.17. The summed E-state index contributed by atoms with van der Waals surface area (Å²) in [5, 5.41) is 9.08. The Hall–Kier alpha value is -1.91. The fraction of sp³-hybridized carbons (Fsp3) is 0.300.